The summed E-state index contributed by atoms with van der Waals surface area (Å²) in [6.45, 7) is 6.60. The largest absolute Gasteiger partial charge is 0.300 e. The molecule has 9 heteroatoms. The van der Waals surface area contributed by atoms with E-state index in [1.54, 1.807) is 0 Å². The van der Waals surface area contributed by atoms with E-state index in [0.29, 0.717) is 16.6 Å². The SMILES string of the molecule is CSCCN1CCN(Cc2nnc3n2-c2ccc(Cl)cc2C(c2ccccc2Cl)=NC3)CC1. The molecule has 0 spiro atoms. The summed E-state index contributed by atoms with van der Waals surface area (Å²) in [6, 6.07) is 13.7. The number of hydrogen-bond acceptors (Lipinski definition) is 6. The summed E-state index contributed by atoms with van der Waals surface area (Å²) < 4.78 is 2.15. The van der Waals surface area contributed by atoms with E-state index < -0.39 is 0 Å². The minimum Gasteiger partial charge on any atom is -0.300 e. The Kier molecular flexibility index (Phi) is 7.04. The van der Waals surface area contributed by atoms with Gasteiger partial charge in [-0.2, -0.15) is 11.8 Å². The Bertz CT molecular complexity index is 1170. The van der Waals surface area contributed by atoms with Crippen LogP contribution in [0.5, 0.6) is 0 Å². The first-order chi connectivity index (χ1) is 16.1. The first-order valence-corrected chi connectivity index (χ1v) is 13.3. The second-order valence-corrected chi connectivity index (χ2v) is 10.1. The number of halogens is 2. The summed E-state index contributed by atoms with van der Waals surface area (Å²) in [4.78, 5) is 9.91. The van der Waals surface area contributed by atoms with Crippen LogP contribution < -0.4 is 0 Å². The fourth-order valence-corrected chi connectivity index (χ4v) is 5.28. The number of rotatable bonds is 6. The van der Waals surface area contributed by atoms with Crippen molar-refractivity contribution in [2.45, 2.75) is 13.1 Å². The summed E-state index contributed by atoms with van der Waals surface area (Å²) in [5.74, 6) is 2.95. The van der Waals surface area contributed by atoms with E-state index in [-0.39, 0.29) is 0 Å². The number of piperazine rings is 1. The van der Waals surface area contributed by atoms with Gasteiger partial charge in [0.25, 0.3) is 0 Å². The lowest BCUT2D eigenvalue weighted by atomic mass is 10.0. The van der Waals surface area contributed by atoms with Crippen molar-refractivity contribution in [2.75, 3.05) is 44.7 Å². The lowest BCUT2D eigenvalue weighted by Crippen LogP contribution is -2.46. The highest BCUT2D eigenvalue weighted by atomic mass is 35.5. The van der Waals surface area contributed by atoms with Crippen LogP contribution in [-0.4, -0.2) is 75.0 Å². The zero-order chi connectivity index (χ0) is 22.8. The van der Waals surface area contributed by atoms with Crippen LogP contribution in [0, 0.1) is 0 Å². The summed E-state index contributed by atoms with van der Waals surface area (Å²) in [7, 11) is 0. The summed E-state index contributed by atoms with van der Waals surface area (Å²) >= 11 is 14.9. The summed E-state index contributed by atoms with van der Waals surface area (Å²) in [5.41, 5.74) is 3.66. The lowest BCUT2D eigenvalue weighted by Gasteiger charge is -2.34. The normalized spacial score (nSPS) is 16.8. The quantitative estimate of drug-likeness (QED) is 0.501. The van der Waals surface area contributed by atoms with Crippen LogP contribution in [0.1, 0.15) is 22.8 Å². The second-order valence-electron chi connectivity index (χ2n) is 8.28. The Hall–Kier alpha value is -1.90. The number of aliphatic imine (C=N–C) groups is 1. The number of benzene rings is 2. The fourth-order valence-electron chi connectivity index (χ4n) is 4.44. The Morgan fingerprint density at radius 1 is 0.939 bits per heavy atom. The van der Waals surface area contributed by atoms with Crippen LogP contribution in [0.15, 0.2) is 47.5 Å². The highest BCUT2D eigenvalue weighted by molar-refractivity contribution is 7.98. The molecule has 0 bridgehead atoms. The van der Waals surface area contributed by atoms with Crippen LogP contribution in [0.4, 0.5) is 0 Å². The second kappa shape index (κ2) is 10.2. The Morgan fingerprint density at radius 3 is 2.52 bits per heavy atom. The zero-order valence-electron chi connectivity index (χ0n) is 18.5. The predicted octanol–water partition coefficient (Wildman–Crippen LogP) is 4.41. The number of hydrogen-bond donors (Lipinski definition) is 0. The van der Waals surface area contributed by atoms with Crippen molar-refractivity contribution in [3.8, 4) is 5.69 Å². The fraction of sp³-hybridized carbons (Fsp3) is 0.375. The van der Waals surface area contributed by atoms with E-state index in [4.69, 9.17) is 28.2 Å². The average Bonchev–Trinajstić information content (AvgIpc) is 3.14. The molecule has 1 fully saturated rings. The van der Waals surface area contributed by atoms with Crippen LogP contribution >= 0.6 is 35.0 Å². The number of thioether (sulfide) groups is 1. The lowest BCUT2D eigenvalue weighted by molar-refractivity contribution is 0.130. The molecule has 1 aromatic heterocycles. The molecule has 0 unspecified atom stereocenters. The third-order valence-electron chi connectivity index (χ3n) is 6.20. The molecule has 172 valence electrons. The third kappa shape index (κ3) is 4.84. The predicted molar refractivity (Wildman–Crippen MR) is 137 cm³/mol. The van der Waals surface area contributed by atoms with Gasteiger partial charge in [-0.05, 0) is 30.5 Å². The highest BCUT2D eigenvalue weighted by Crippen LogP contribution is 2.30. The first-order valence-electron chi connectivity index (χ1n) is 11.1. The van der Waals surface area contributed by atoms with E-state index in [1.165, 1.54) is 5.75 Å². The van der Waals surface area contributed by atoms with Gasteiger partial charge in [-0.15, -0.1) is 10.2 Å². The maximum atomic E-state index is 6.55. The molecule has 2 aliphatic rings. The maximum absolute atomic E-state index is 6.55. The van der Waals surface area contributed by atoms with Crippen molar-refractivity contribution in [1.82, 2.24) is 24.6 Å². The maximum Gasteiger partial charge on any atom is 0.159 e. The van der Waals surface area contributed by atoms with E-state index in [0.717, 1.165) is 73.4 Å². The zero-order valence-corrected chi connectivity index (χ0v) is 20.9. The summed E-state index contributed by atoms with van der Waals surface area (Å²) in [5, 5.41) is 10.4. The molecule has 0 atom stereocenters. The van der Waals surface area contributed by atoms with Gasteiger partial charge < -0.3 is 0 Å². The molecule has 0 saturated carbocycles. The van der Waals surface area contributed by atoms with Crippen molar-refractivity contribution in [2.24, 2.45) is 4.99 Å². The van der Waals surface area contributed by atoms with Gasteiger partial charge >= 0.3 is 0 Å². The molecule has 1 saturated heterocycles. The molecule has 3 heterocycles. The molecule has 0 amide bonds. The van der Waals surface area contributed by atoms with Crippen LogP contribution in [0.3, 0.4) is 0 Å². The van der Waals surface area contributed by atoms with Gasteiger partial charge in [-0.25, -0.2) is 0 Å². The Balaban J connectivity index is 1.45. The molecule has 0 aliphatic carbocycles. The van der Waals surface area contributed by atoms with Gasteiger partial charge in [-0.3, -0.25) is 19.4 Å². The highest BCUT2D eigenvalue weighted by Gasteiger charge is 2.26. The van der Waals surface area contributed by atoms with Crippen molar-refractivity contribution in [3.05, 3.63) is 75.3 Å². The molecule has 2 aliphatic heterocycles. The number of nitrogens with zero attached hydrogens (tertiary/aromatic N) is 6. The van der Waals surface area contributed by atoms with Gasteiger partial charge in [0.2, 0.25) is 0 Å². The molecular weight excluding hydrogens is 475 g/mol. The number of aromatic nitrogens is 3. The smallest absolute Gasteiger partial charge is 0.159 e. The monoisotopic (exact) mass is 500 g/mol. The van der Waals surface area contributed by atoms with Crippen LogP contribution in [-0.2, 0) is 13.1 Å². The van der Waals surface area contributed by atoms with E-state index in [9.17, 15) is 0 Å². The van der Waals surface area contributed by atoms with Crippen LogP contribution in [0.25, 0.3) is 5.69 Å². The Labute approximate surface area is 208 Å². The van der Waals surface area contributed by atoms with Gasteiger partial charge in [0, 0.05) is 59.6 Å². The molecule has 3 aromatic rings. The van der Waals surface area contributed by atoms with Gasteiger partial charge in [0.05, 0.1) is 17.9 Å². The van der Waals surface area contributed by atoms with E-state index >= 15 is 0 Å². The molecule has 5 rings (SSSR count). The van der Waals surface area contributed by atoms with Crippen molar-refractivity contribution >= 4 is 40.7 Å². The third-order valence-corrected chi connectivity index (χ3v) is 7.36. The topological polar surface area (TPSA) is 49.6 Å². The summed E-state index contributed by atoms with van der Waals surface area (Å²) in [6.07, 6.45) is 2.17. The molecular formula is C24H26Cl2N6S. The number of fused-ring (bicyclic) bond motifs is 3. The minimum absolute atomic E-state index is 0.433. The van der Waals surface area contributed by atoms with Gasteiger partial charge in [-0.1, -0.05) is 41.4 Å². The minimum atomic E-state index is 0.433. The van der Waals surface area contributed by atoms with Crippen molar-refractivity contribution < 1.29 is 0 Å². The van der Waals surface area contributed by atoms with E-state index in [1.807, 2.05) is 54.2 Å². The van der Waals surface area contributed by atoms with Gasteiger partial charge in [0.1, 0.15) is 6.54 Å². The Morgan fingerprint density at radius 2 is 1.73 bits per heavy atom. The van der Waals surface area contributed by atoms with Crippen LogP contribution in [0.2, 0.25) is 10.0 Å². The van der Waals surface area contributed by atoms with Crippen molar-refractivity contribution in [3.63, 3.8) is 0 Å². The molecule has 0 N–H and O–H groups in total. The molecule has 33 heavy (non-hydrogen) atoms. The van der Waals surface area contributed by atoms with Gasteiger partial charge in [0.15, 0.2) is 11.6 Å². The average molecular weight is 501 g/mol. The first kappa shape index (κ1) is 22.9. The standard InChI is InChI=1S/C24H26Cl2N6S/c1-33-13-12-30-8-10-31(11-9-30)16-23-29-28-22-15-27-24(18-4-2-3-5-20(18)26)19-14-17(25)6-7-21(19)32(22)23/h2-7,14H,8-13,15-16H2,1H3. The van der Waals surface area contributed by atoms with Crippen molar-refractivity contribution in [1.29, 1.82) is 0 Å². The molecule has 0 radical (unpaired) electrons. The molecule has 2 aromatic carbocycles. The molecule has 6 nitrogen and oxygen atoms in total. The van der Waals surface area contributed by atoms with E-state index in [2.05, 4.69) is 30.8 Å².